The fraction of sp³-hybridized carbons (Fsp3) is 0.357. The first-order valence-corrected chi connectivity index (χ1v) is 11.4. The van der Waals surface area contributed by atoms with E-state index in [9.17, 15) is 4.39 Å². The molecular formula is C28H37FN2O3. The van der Waals surface area contributed by atoms with Crippen molar-refractivity contribution in [3.8, 4) is 5.75 Å². The second-order valence-corrected chi connectivity index (χ2v) is 8.24. The monoisotopic (exact) mass is 468 g/mol. The molecule has 1 fully saturated rings. The zero-order valence-electron chi connectivity index (χ0n) is 20.8. The topological polar surface area (TPSA) is 43.0 Å². The van der Waals surface area contributed by atoms with Crippen LogP contribution in [0.1, 0.15) is 50.2 Å². The zero-order chi connectivity index (χ0) is 25.1. The van der Waals surface area contributed by atoms with Gasteiger partial charge in [-0.25, -0.2) is 4.39 Å². The lowest BCUT2D eigenvalue weighted by Gasteiger charge is -2.27. The van der Waals surface area contributed by atoms with Crippen molar-refractivity contribution in [3.05, 3.63) is 91.2 Å². The van der Waals surface area contributed by atoms with E-state index in [0.29, 0.717) is 35.9 Å². The molecule has 0 saturated heterocycles. The van der Waals surface area contributed by atoms with Gasteiger partial charge in [0.25, 0.3) is 0 Å². The van der Waals surface area contributed by atoms with E-state index in [1.807, 2.05) is 38.1 Å². The van der Waals surface area contributed by atoms with Gasteiger partial charge in [0.05, 0.1) is 37.6 Å². The van der Waals surface area contributed by atoms with E-state index >= 15 is 0 Å². The Kier molecular flexibility index (Phi) is 10.7. The van der Waals surface area contributed by atoms with E-state index in [1.54, 1.807) is 25.5 Å². The van der Waals surface area contributed by atoms with Gasteiger partial charge < -0.3 is 14.8 Å². The Labute approximate surface area is 203 Å². The molecule has 0 amide bonds. The van der Waals surface area contributed by atoms with E-state index in [-0.39, 0.29) is 6.10 Å². The largest absolute Gasteiger partial charge is 0.499 e. The van der Waals surface area contributed by atoms with Crippen LogP contribution >= 0.6 is 0 Å². The molecule has 1 N–H and O–H groups in total. The minimum atomic E-state index is -0.0425. The molecule has 34 heavy (non-hydrogen) atoms. The molecule has 5 nitrogen and oxygen atoms in total. The second-order valence-electron chi connectivity index (χ2n) is 8.24. The minimum absolute atomic E-state index is 0.0425. The number of rotatable bonds is 15. The third kappa shape index (κ3) is 7.96. The van der Waals surface area contributed by atoms with Crippen molar-refractivity contribution in [1.29, 1.82) is 0 Å². The van der Waals surface area contributed by atoms with E-state index in [0.717, 1.165) is 36.2 Å². The van der Waals surface area contributed by atoms with Crippen molar-refractivity contribution >= 4 is 11.4 Å². The van der Waals surface area contributed by atoms with Gasteiger partial charge in [-0.2, -0.15) is 0 Å². The number of methoxy groups -OCH3 is 1. The van der Waals surface area contributed by atoms with Crippen LogP contribution in [0.2, 0.25) is 0 Å². The van der Waals surface area contributed by atoms with Crippen LogP contribution in [0.25, 0.3) is 5.70 Å². The Morgan fingerprint density at radius 3 is 2.62 bits per heavy atom. The Bertz CT molecular complexity index is 961. The highest BCUT2D eigenvalue weighted by molar-refractivity contribution is 5.77. The average molecular weight is 469 g/mol. The summed E-state index contributed by atoms with van der Waals surface area (Å²) in [4.78, 5) is 6.16. The van der Waals surface area contributed by atoms with E-state index in [2.05, 4.69) is 31.1 Å². The van der Waals surface area contributed by atoms with Crippen LogP contribution in [0.4, 0.5) is 10.1 Å². The van der Waals surface area contributed by atoms with Gasteiger partial charge in [0.2, 0.25) is 0 Å². The molecule has 1 aliphatic carbocycles. The molecule has 1 atom stereocenters. The predicted octanol–water partition coefficient (Wildman–Crippen LogP) is 6.94. The van der Waals surface area contributed by atoms with Crippen molar-refractivity contribution in [2.45, 2.75) is 45.1 Å². The van der Waals surface area contributed by atoms with Crippen LogP contribution < -0.4 is 15.1 Å². The summed E-state index contributed by atoms with van der Waals surface area (Å²) in [5.41, 5.74) is 4.37. The van der Waals surface area contributed by atoms with E-state index < -0.39 is 0 Å². The van der Waals surface area contributed by atoms with Crippen LogP contribution in [-0.2, 0) is 9.57 Å². The Morgan fingerprint density at radius 2 is 2.06 bits per heavy atom. The van der Waals surface area contributed by atoms with E-state index in [1.165, 1.54) is 11.6 Å². The fourth-order valence-electron chi connectivity index (χ4n) is 3.57. The number of hydrogen-bond donors (Lipinski definition) is 1. The van der Waals surface area contributed by atoms with Gasteiger partial charge in [-0.1, -0.05) is 31.9 Å². The molecular weight excluding hydrogens is 431 g/mol. The van der Waals surface area contributed by atoms with Gasteiger partial charge >= 0.3 is 0 Å². The first kappa shape index (κ1) is 27.0. The van der Waals surface area contributed by atoms with Gasteiger partial charge in [0.1, 0.15) is 5.75 Å². The number of hydrogen-bond acceptors (Lipinski definition) is 5. The molecule has 1 aliphatic rings. The number of nitrogens with zero attached hydrogens (tertiary/aromatic N) is 1. The first-order chi connectivity index (χ1) is 16.3. The summed E-state index contributed by atoms with van der Waals surface area (Å²) < 4.78 is 24.1. The maximum Gasteiger partial charge on any atom is 0.130 e. The van der Waals surface area contributed by atoms with Crippen molar-refractivity contribution in [2.75, 3.05) is 25.8 Å². The second kappa shape index (κ2) is 13.5. The van der Waals surface area contributed by atoms with Crippen LogP contribution in [0.15, 0.2) is 80.0 Å². The van der Waals surface area contributed by atoms with Crippen molar-refractivity contribution in [3.63, 3.8) is 0 Å². The van der Waals surface area contributed by atoms with Crippen molar-refractivity contribution < 1.29 is 18.7 Å². The molecule has 0 aliphatic heterocycles. The Balaban J connectivity index is 2.43. The number of anilines is 1. The molecule has 1 aromatic rings. The van der Waals surface area contributed by atoms with E-state index in [4.69, 9.17) is 14.3 Å². The third-order valence-corrected chi connectivity index (χ3v) is 5.34. The summed E-state index contributed by atoms with van der Waals surface area (Å²) in [5.74, 6) is 1.81. The Morgan fingerprint density at radius 1 is 1.32 bits per heavy atom. The van der Waals surface area contributed by atoms with Crippen molar-refractivity contribution in [2.24, 2.45) is 0 Å². The van der Waals surface area contributed by atoms with Crippen LogP contribution in [0.5, 0.6) is 5.75 Å². The maximum absolute atomic E-state index is 12.9. The van der Waals surface area contributed by atoms with Gasteiger partial charge in [-0.05, 0) is 68.2 Å². The molecule has 2 rings (SSSR count). The molecule has 0 aromatic heterocycles. The third-order valence-electron chi connectivity index (χ3n) is 5.34. The van der Waals surface area contributed by atoms with Crippen LogP contribution in [0, 0.1) is 0 Å². The molecule has 1 unspecified atom stereocenters. The highest BCUT2D eigenvalue weighted by Gasteiger charge is 2.30. The summed E-state index contributed by atoms with van der Waals surface area (Å²) in [6.45, 7) is 15.7. The molecule has 184 valence electrons. The van der Waals surface area contributed by atoms with Crippen molar-refractivity contribution in [1.82, 2.24) is 5.32 Å². The summed E-state index contributed by atoms with van der Waals surface area (Å²) in [6.07, 6.45) is 11.6. The summed E-state index contributed by atoms with van der Waals surface area (Å²) in [7, 11) is 3.54. The molecule has 1 saturated carbocycles. The van der Waals surface area contributed by atoms with Crippen LogP contribution in [-0.4, -0.2) is 26.9 Å². The lowest BCUT2D eigenvalue weighted by atomic mass is 9.99. The molecule has 6 heteroatoms. The summed E-state index contributed by atoms with van der Waals surface area (Å²) in [5, 5.41) is 4.98. The Hall–Kier alpha value is -3.25. The molecule has 1 aromatic carbocycles. The maximum atomic E-state index is 12.9. The molecule has 0 spiro atoms. The number of nitrogens with one attached hydrogen (secondary N) is 1. The molecule has 0 heterocycles. The molecule has 0 bridgehead atoms. The fourth-order valence-corrected chi connectivity index (χ4v) is 3.57. The van der Waals surface area contributed by atoms with Gasteiger partial charge in [0, 0.05) is 30.8 Å². The SMILES string of the molecule is C=C/C=C(\C=C/F)/C=C(\NC=C)c1cc(C2CC2)c(N(C)OC(C)CCOC(=C)C)cc1OC. The zero-order valence-corrected chi connectivity index (χ0v) is 20.8. The summed E-state index contributed by atoms with van der Waals surface area (Å²) >= 11 is 0. The summed E-state index contributed by atoms with van der Waals surface area (Å²) in [6, 6.07) is 4.11. The van der Waals surface area contributed by atoms with Crippen LogP contribution in [0.3, 0.4) is 0 Å². The quantitative estimate of drug-likeness (QED) is 0.172. The standard InChI is InChI=1S/C28H37FN2O3/c1-8-10-22(13-15-29)17-26(30-9-2)25-18-24(23-11-12-23)27(19-28(25)32-7)31(6)34-21(5)14-16-33-20(3)4/h8-10,13,15,17-19,21,23,30H,1-3,11-12,14,16H2,4-7H3/b15-13-,22-10+,26-17-. The average Bonchev–Trinajstić information content (AvgIpc) is 3.63. The number of ether oxygens (including phenoxy) is 2. The normalized spacial score (nSPS) is 15.1. The highest BCUT2D eigenvalue weighted by Crippen LogP contribution is 2.47. The smallest absolute Gasteiger partial charge is 0.130 e. The number of benzene rings is 1. The molecule has 0 radical (unpaired) electrons. The first-order valence-electron chi connectivity index (χ1n) is 11.4. The lowest BCUT2D eigenvalue weighted by molar-refractivity contribution is 0.0335. The lowest BCUT2D eigenvalue weighted by Crippen LogP contribution is -2.26. The van der Waals surface area contributed by atoms with Gasteiger partial charge in [-0.3, -0.25) is 9.90 Å². The number of halogens is 1. The number of hydroxylamine groups is 1. The number of allylic oxidation sites excluding steroid dienone is 6. The minimum Gasteiger partial charge on any atom is -0.499 e. The highest BCUT2D eigenvalue weighted by atomic mass is 19.1. The van der Waals surface area contributed by atoms with Gasteiger partial charge in [-0.15, -0.1) is 0 Å². The predicted molar refractivity (Wildman–Crippen MR) is 139 cm³/mol. The van der Waals surface area contributed by atoms with Gasteiger partial charge in [0.15, 0.2) is 0 Å².